The first-order valence-electron chi connectivity index (χ1n) is 11.7. The summed E-state index contributed by atoms with van der Waals surface area (Å²) in [5, 5.41) is 11.2. The molecule has 6 nitrogen and oxygen atoms in total. The summed E-state index contributed by atoms with van der Waals surface area (Å²) in [7, 11) is 0. The summed E-state index contributed by atoms with van der Waals surface area (Å²) >= 11 is 0. The number of hydrogen-bond donors (Lipinski definition) is 1. The molecule has 34 heavy (non-hydrogen) atoms. The van der Waals surface area contributed by atoms with Gasteiger partial charge in [0.25, 0.3) is 11.7 Å². The van der Waals surface area contributed by atoms with Gasteiger partial charge < -0.3 is 19.6 Å². The number of halogens is 1. The highest BCUT2D eigenvalue weighted by Crippen LogP contribution is 2.40. The zero-order chi connectivity index (χ0) is 25.0. The Balaban J connectivity index is 2.13. The average molecular weight is 469 g/mol. The molecule has 1 atom stereocenters. The zero-order valence-corrected chi connectivity index (χ0v) is 20.5. The Morgan fingerprint density at radius 1 is 1.15 bits per heavy atom. The monoisotopic (exact) mass is 468 g/mol. The third kappa shape index (κ3) is 5.30. The highest BCUT2D eigenvalue weighted by atomic mass is 19.1. The van der Waals surface area contributed by atoms with Gasteiger partial charge in [-0.25, -0.2) is 4.39 Å². The number of Topliss-reactive ketones (excluding diaryl/α,β-unsaturated/α-hetero) is 1. The summed E-state index contributed by atoms with van der Waals surface area (Å²) in [6.07, 6.45) is -0.0496. The Hall–Kier alpha value is -3.19. The van der Waals surface area contributed by atoms with Crippen LogP contribution in [0.1, 0.15) is 50.4 Å². The second kappa shape index (κ2) is 10.8. The molecule has 0 aromatic heterocycles. The number of rotatable bonds is 9. The van der Waals surface area contributed by atoms with E-state index in [0.717, 1.165) is 13.1 Å². The van der Waals surface area contributed by atoms with Gasteiger partial charge in [0.15, 0.2) is 0 Å². The van der Waals surface area contributed by atoms with E-state index in [1.165, 1.54) is 23.1 Å². The molecule has 0 aliphatic carbocycles. The van der Waals surface area contributed by atoms with Crippen LogP contribution in [0.3, 0.4) is 0 Å². The van der Waals surface area contributed by atoms with E-state index < -0.39 is 23.5 Å². The van der Waals surface area contributed by atoms with Crippen LogP contribution in [0.5, 0.6) is 5.75 Å². The normalized spacial score (nSPS) is 17.8. The maximum Gasteiger partial charge on any atom is 0.295 e. The van der Waals surface area contributed by atoms with Crippen molar-refractivity contribution in [3.63, 3.8) is 0 Å². The van der Waals surface area contributed by atoms with Crippen LogP contribution in [0.25, 0.3) is 5.76 Å². The van der Waals surface area contributed by atoms with E-state index in [1.807, 2.05) is 39.8 Å². The number of amides is 1. The van der Waals surface area contributed by atoms with Crippen LogP contribution in [0, 0.1) is 12.7 Å². The van der Waals surface area contributed by atoms with E-state index in [4.69, 9.17) is 4.74 Å². The van der Waals surface area contributed by atoms with Crippen LogP contribution < -0.4 is 4.74 Å². The van der Waals surface area contributed by atoms with Gasteiger partial charge in [-0.05, 0) is 75.3 Å². The minimum absolute atomic E-state index is 0.00254. The molecule has 2 aromatic carbocycles. The first-order valence-corrected chi connectivity index (χ1v) is 11.7. The lowest BCUT2D eigenvalue weighted by molar-refractivity contribution is -0.140. The number of carbonyl (C=O) groups is 2. The van der Waals surface area contributed by atoms with Gasteiger partial charge in [0.05, 0.1) is 17.7 Å². The molecule has 0 radical (unpaired) electrons. The first kappa shape index (κ1) is 25.4. The lowest BCUT2D eigenvalue weighted by Crippen LogP contribution is -2.38. The van der Waals surface area contributed by atoms with Gasteiger partial charge in [0.1, 0.15) is 17.3 Å². The molecule has 1 N–H and O–H groups in total. The molecule has 1 aliphatic heterocycles. The first-order chi connectivity index (χ1) is 16.2. The molecule has 1 saturated heterocycles. The number of nitrogens with zero attached hydrogens (tertiary/aromatic N) is 2. The van der Waals surface area contributed by atoms with E-state index >= 15 is 0 Å². The lowest BCUT2D eigenvalue weighted by atomic mass is 9.94. The number of likely N-dealkylation sites (tertiary alicyclic amines) is 1. The number of ketones is 1. The van der Waals surface area contributed by atoms with Crippen molar-refractivity contribution in [2.75, 3.05) is 26.2 Å². The minimum atomic E-state index is -0.781. The van der Waals surface area contributed by atoms with Crippen LogP contribution in [-0.2, 0) is 9.59 Å². The van der Waals surface area contributed by atoms with E-state index in [-0.39, 0.29) is 17.4 Å². The van der Waals surface area contributed by atoms with Gasteiger partial charge in [-0.15, -0.1) is 0 Å². The van der Waals surface area contributed by atoms with Crippen molar-refractivity contribution >= 4 is 17.4 Å². The molecule has 0 spiro atoms. The number of aryl methyl sites for hydroxylation is 1. The Kier molecular flexibility index (Phi) is 8.10. The predicted molar refractivity (Wildman–Crippen MR) is 130 cm³/mol. The number of hydrogen-bond acceptors (Lipinski definition) is 5. The smallest absolute Gasteiger partial charge is 0.295 e. The Labute approximate surface area is 200 Å². The maximum absolute atomic E-state index is 13.8. The number of ether oxygens (including phenoxy) is 1. The number of aliphatic hydroxyl groups is 1. The number of likely N-dealkylation sites (N-methyl/N-ethyl adjacent to an activating group) is 1. The summed E-state index contributed by atoms with van der Waals surface area (Å²) < 4.78 is 19.7. The molecular formula is C27H33FN2O4. The topological polar surface area (TPSA) is 70.1 Å². The molecule has 0 bridgehead atoms. The SMILES string of the molecule is CCN(CC)CCN1C(=O)C(=O)/C(=C(\O)c2ccc(F)c(C)c2)C1c1cccc(OC(C)C)c1. The molecule has 1 amide bonds. The third-order valence-electron chi connectivity index (χ3n) is 6.07. The highest BCUT2D eigenvalue weighted by Gasteiger charge is 2.46. The molecular weight excluding hydrogens is 435 g/mol. The van der Waals surface area contributed by atoms with Gasteiger partial charge in [0.2, 0.25) is 0 Å². The molecule has 3 rings (SSSR count). The Morgan fingerprint density at radius 3 is 2.47 bits per heavy atom. The molecule has 1 unspecified atom stereocenters. The van der Waals surface area contributed by atoms with Crippen molar-refractivity contribution in [1.82, 2.24) is 9.80 Å². The second-order valence-electron chi connectivity index (χ2n) is 8.72. The Bertz CT molecular complexity index is 1090. The minimum Gasteiger partial charge on any atom is -0.507 e. The van der Waals surface area contributed by atoms with Gasteiger partial charge in [0, 0.05) is 18.7 Å². The zero-order valence-electron chi connectivity index (χ0n) is 20.5. The summed E-state index contributed by atoms with van der Waals surface area (Å²) in [6.45, 7) is 12.0. The van der Waals surface area contributed by atoms with E-state index in [0.29, 0.717) is 35.5 Å². The van der Waals surface area contributed by atoms with Crippen molar-refractivity contribution in [3.05, 3.63) is 70.5 Å². The standard InChI is InChI=1S/C27H33FN2O4/c1-6-29(7-2)13-14-30-24(19-9-8-10-21(16-19)34-17(3)4)23(26(32)27(30)33)25(31)20-11-12-22(28)18(5)15-20/h8-12,15-17,24,31H,6-7,13-14H2,1-5H3/b25-23-. The predicted octanol–water partition coefficient (Wildman–Crippen LogP) is 4.68. The van der Waals surface area contributed by atoms with Crippen molar-refractivity contribution in [2.45, 2.75) is 46.8 Å². The largest absolute Gasteiger partial charge is 0.507 e. The molecule has 1 aliphatic rings. The number of carbonyl (C=O) groups excluding carboxylic acids is 2. The fraction of sp³-hybridized carbons (Fsp3) is 0.407. The molecule has 182 valence electrons. The summed E-state index contributed by atoms with van der Waals surface area (Å²) in [5.41, 5.74) is 1.29. The van der Waals surface area contributed by atoms with Crippen LogP contribution in [0.15, 0.2) is 48.0 Å². The highest BCUT2D eigenvalue weighted by molar-refractivity contribution is 6.46. The maximum atomic E-state index is 13.8. The fourth-order valence-corrected chi connectivity index (χ4v) is 4.22. The third-order valence-corrected chi connectivity index (χ3v) is 6.07. The summed E-state index contributed by atoms with van der Waals surface area (Å²) in [6, 6.07) is 10.6. The summed E-state index contributed by atoms with van der Waals surface area (Å²) in [5.74, 6) is -1.52. The van der Waals surface area contributed by atoms with E-state index in [2.05, 4.69) is 4.90 Å². The van der Waals surface area contributed by atoms with Crippen LogP contribution in [0.2, 0.25) is 0 Å². The van der Waals surface area contributed by atoms with Gasteiger partial charge in [-0.3, -0.25) is 9.59 Å². The van der Waals surface area contributed by atoms with E-state index in [9.17, 15) is 19.1 Å². The lowest BCUT2D eigenvalue weighted by Gasteiger charge is -2.28. The van der Waals surface area contributed by atoms with E-state index in [1.54, 1.807) is 19.1 Å². The van der Waals surface area contributed by atoms with Crippen LogP contribution in [0.4, 0.5) is 4.39 Å². The van der Waals surface area contributed by atoms with Crippen molar-refractivity contribution < 1.29 is 23.8 Å². The number of aliphatic hydroxyl groups excluding tert-OH is 1. The fourth-order valence-electron chi connectivity index (χ4n) is 4.22. The molecule has 1 heterocycles. The molecule has 2 aromatic rings. The van der Waals surface area contributed by atoms with Crippen LogP contribution >= 0.6 is 0 Å². The van der Waals surface area contributed by atoms with Crippen LogP contribution in [-0.4, -0.2) is 58.9 Å². The number of benzene rings is 2. The Morgan fingerprint density at radius 2 is 1.85 bits per heavy atom. The van der Waals surface area contributed by atoms with Gasteiger partial charge in [-0.2, -0.15) is 0 Å². The average Bonchev–Trinajstić information content (AvgIpc) is 3.05. The quantitative estimate of drug-likeness (QED) is 0.329. The second-order valence-corrected chi connectivity index (χ2v) is 8.72. The summed E-state index contributed by atoms with van der Waals surface area (Å²) in [4.78, 5) is 30.0. The van der Waals surface area contributed by atoms with Crippen molar-refractivity contribution in [2.24, 2.45) is 0 Å². The molecule has 0 saturated carbocycles. The molecule has 1 fully saturated rings. The van der Waals surface area contributed by atoms with Crippen molar-refractivity contribution in [1.29, 1.82) is 0 Å². The van der Waals surface area contributed by atoms with Gasteiger partial charge >= 0.3 is 0 Å². The van der Waals surface area contributed by atoms with Gasteiger partial charge in [-0.1, -0.05) is 26.0 Å². The van der Waals surface area contributed by atoms with Crippen molar-refractivity contribution in [3.8, 4) is 5.75 Å². The molecule has 7 heteroatoms.